The van der Waals surface area contributed by atoms with Crippen LogP contribution >= 0.6 is 0 Å². The van der Waals surface area contributed by atoms with E-state index in [4.69, 9.17) is 9.47 Å². The predicted octanol–water partition coefficient (Wildman–Crippen LogP) is 3.42. The third-order valence-electron chi connectivity index (χ3n) is 10.3. The van der Waals surface area contributed by atoms with Crippen LogP contribution in [0.5, 0.6) is 0 Å². The molecule has 356 valence electrons. The van der Waals surface area contributed by atoms with Crippen molar-refractivity contribution >= 4 is 90.6 Å². The molecule has 0 spiro atoms. The molecule has 2 aliphatic heterocycles. The van der Waals surface area contributed by atoms with Crippen LogP contribution in [0.1, 0.15) is 11.1 Å². The molecule has 8 rings (SSSR count). The van der Waals surface area contributed by atoms with E-state index in [-0.39, 0.29) is 57.8 Å². The molecule has 0 aliphatic carbocycles. The highest BCUT2D eigenvalue weighted by atomic mass is 32.2. The predicted molar refractivity (Wildman–Crippen MR) is 258 cm³/mol. The third kappa shape index (κ3) is 12.5. The lowest BCUT2D eigenvalue weighted by atomic mass is 10.1. The first-order valence-corrected chi connectivity index (χ1v) is 24.5. The first-order valence-electron chi connectivity index (χ1n) is 21.6. The van der Waals surface area contributed by atoms with E-state index < -0.39 is 33.3 Å². The average molecular weight is 967 g/mol. The van der Waals surface area contributed by atoms with Crippen LogP contribution in [-0.2, 0) is 29.5 Å². The molecule has 2 aromatic heterocycles. The van der Waals surface area contributed by atoms with E-state index >= 15 is 0 Å². The van der Waals surface area contributed by atoms with Gasteiger partial charge in [0.25, 0.3) is 0 Å². The van der Waals surface area contributed by atoms with E-state index in [2.05, 4.69) is 60.6 Å². The number of ether oxygens (including phenoxy) is 2. The topological polar surface area (TPSA) is 283 Å². The lowest BCUT2D eigenvalue weighted by molar-refractivity contribution is 0.122. The second-order valence-electron chi connectivity index (χ2n) is 15.1. The largest absolute Gasteiger partial charge is 0.395 e. The molecule has 0 saturated carbocycles. The molecule has 4 aromatic carbocycles. The maximum Gasteiger partial charge on any atom is 0.241 e. The van der Waals surface area contributed by atoms with Gasteiger partial charge in [0.2, 0.25) is 55.7 Å². The minimum Gasteiger partial charge on any atom is -0.395 e. The van der Waals surface area contributed by atoms with Gasteiger partial charge in [0.1, 0.15) is 0 Å². The SMILES string of the molecule is O=S(=O)(NCCO)c1cc(Nc2nc(Nc3ccccc3)nc(N3CCOCC3)n2)ccc1/C=C/c1ccc(Nc2nc(Nc3ccccc3)nc(N3CCOCC3)n2)cc1S(=O)(=O)NCCO. The summed E-state index contributed by atoms with van der Waals surface area (Å²) in [7, 11) is -8.53. The summed E-state index contributed by atoms with van der Waals surface area (Å²) in [6, 6.07) is 27.8. The van der Waals surface area contributed by atoms with Crippen molar-refractivity contribution in [3.63, 3.8) is 0 Å². The minimum absolute atomic E-state index is 0.131. The number of rotatable bonds is 20. The lowest BCUT2D eigenvalue weighted by Gasteiger charge is -2.27. The van der Waals surface area contributed by atoms with Gasteiger partial charge in [-0.05, 0) is 59.7 Å². The summed E-state index contributed by atoms with van der Waals surface area (Å²) in [5, 5.41) is 31.7. The average Bonchev–Trinajstić information content (AvgIpc) is 3.36. The summed E-state index contributed by atoms with van der Waals surface area (Å²) in [4.78, 5) is 31.3. The van der Waals surface area contributed by atoms with E-state index in [1.54, 1.807) is 24.3 Å². The highest BCUT2D eigenvalue weighted by Crippen LogP contribution is 2.30. The molecule has 8 N–H and O–H groups in total. The lowest BCUT2D eigenvalue weighted by Crippen LogP contribution is -2.37. The molecule has 0 radical (unpaired) electrons. The van der Waals surface area contributed by atoms with E-state index in [1.807, 2.05) is 70.5 Å². The van der Waals surface area contributed by atoms with Gasteiger partial charge < -0.3 is 50.8 Å². The highest BCUT2D eigenvalue weighted by molar-refractivity contribution is 7.89. The molecule has 2 fully saturated rings. The summed E-state index contributed by atoms with van der Waals surface area (Å²) >= 11 is 0. The monoisotopic (exact) mass is 966 g/mol. The Morgan fingerprint density at radius 1 is 0.485 bits per heavy atom. The van der Waals surface area contributed by atoms with Crippen LogP contribution in [0.25, 0.3) is 12.2 Å². The van der Waals surface area contributed by atoms with E-state index in [0.717, 1.165) is 11.4 Å². The number of sulfonamides is 2. The zero-order valence-electron chi connectivity index (χ0n) is 36.6. The molecule has 2 saturated heterocycles. The second kappa shape index (κ2) is 22.3. The van der Waals surface area contributed by atoms with E-state index in [0.29, 0.717) is 75.9 Å². The molecule has 68 heavy (non-hydrogen) atoms. The van der Waals surface area contributed by atoms with E-state index in [9.17, 15) is 27.0 Å². The normalized spacial score (nSPS) is 14.5. The standard InChI is InChI=1S/C44H50N14O8S2/c59-23-17-45-67(61,62)37-29-35(49-41-51-39(47-33-7-3-1-4-8-33)53-43(55-41)57-19-25-65-26-20-57)15-13-31(37)11-12-32-14-16-36(30-38(32)68(63,64)46-18-24-60)50-42-52-40(48-34-9-5-2-6-10-34)54-44(56-42)58-21-27-66-28-22-58/h1-16,29-30,45-46,59-60H,17-28H2,(H2,47,49,51,53,55)(H2,48,50,52,54,56)/b12-11+. The number of nitrogens with zero attached hydrogens (tertiary/aromatic N) is 8. The minimum atomic E-state index is -4.27. The Hall–Kier alpha value is -6.90. The van der Waals surface area contributed by atoms with Gasteiger partial charge in [-0.2, -0.15) is 29.9 Å². The van der Waals surface area contributed by atoms with Crippen molar-refractivity contribution in [2.75, 3.05) is 110 Å². The Morgan fingerprint density at radius 3 is 1.19 bits per heavy atom. The van der Waals surface area contributed by atoms with Gasteiger partial charge in [-0.1, -0.05) is 60.7 Å². The number of aliphatic hydroxyl groups is 2. The van der Waals surface area contributed by atoms with Crippen molar-refractivity contribution < 1.29 is 36.5 Å². The summed E-state index contributed by atoms with van der Waals surface area (Å²) < 4.78 is 71.2. The van der Waals surface area contributed by atoms with Crippen molar-refractivity contribution in [3.8, 4) is 0 Å². The fraction of sp³-hybridized carbons (Fsp3) is 0.273. The summed E-state index contributed by atoms with van der Waals surface area (Å²) in [5.74, 6) is 1.54. The number of morpholine rings is 2. The second-order valence-corrected chi connectivity index (χ2v) is 18.5. The quantitative estimate of drug-likeness (QED) is 0.0509. The van der Waals surface area contributed by atoms with Crippen LogP contribution in [0.15, 0.2) is 107 Å². The first-order chi connectivity index (χ1) is 33.0. The van der Waals surface area contributed by atoms with Crippen molar-refractivity contribution in [2.24, 2.45) is 0 Å². The van der Waals surface area contributed by atoms with Crippen LogP contribution in [-0.4, -0.2) is 136 Å². The Kier molecular flexibility index (Phi) is 15.6. The Labute approximate surface area is 393 Å². The fourth-order valence-electron chi connectivity index (χ4n) is 6.98. The molecule has 0 bridgehead atoms. The van der Waals surface area contributed by atoms with Crippen LogP contribution in [0, 0.1) is 0 Å². The molecular formula is C44H50N14O8S2. The maximum atomic E-state index is 13.8. The molecule has 4 heterocycles. The molecule has 22 nitrogen and oxygen atoms in total. The van der Waals surface area contributed by atoms with Gasteiger partial charge in [-0.3, -0.25) is 0 Å². The van der Waals surface area contributed by atoms with Gasteiger partial charge in [0, 0.05) is 62.0 Å². The fourth-order valence-corrected chi connectivity index (χ4v) is 9.47. The van der Waals surface area contributed by atoms with Crippen molar-refractivity contribution in [1.82, 2.24) is 39.3 Å². The zero-order chi connectivity index (χ0) is 47.4. The van der Waals surface area contributed by atoms with Gasteiger partial charge in [-0.15, -0.1) is 0 Å². The zero-order valence-corrected chi connectivity index (χ0v) is 38.2. The number of nitrogens with one attached hydrogen (secondary N) is 6. The maximum absolute atomic E-state index is 13.8. The van der Waals surface area contributed by atoms with Crippen molar-refractivity contribution in [2.45, 2.75) is 9.79 Å². The summed E-state index contributed by atoms with van der Waals surface area (Å²) in [5.41, 5.74) is 2.47. The van der Waals surface area contributed by atoms with Gasteiger partial charge in [0.05, 0.1) is 49.4 Å². The number of benzene rings is 4. The summed E-state index contributed by atoms with van der Waals surface area (Å²) in [6.45, 7) is 2.74. The smallest absolute Gasteiger partial charge is 0.241 e. The number of hydrogen-bond acceptors (Lipinski definition) is 20. The number of para-hydroxylation sites is 2. The summed E-state index contributed by atoms with van der Waals surface area (Å²) in [6.07, 6.45) is 2.93. The molecule has 2 aliphatic rings. The van der Waals surface area contributed by atoms with Gasteiger partial charge >= 0.3 is 0 Å². The number of anilines is 10. The Balaban J connectivity index is 1.12. The van der Waals surface area contributed by atoms with Crippen LogP contribution in [0.4, 0.5) is 58.4 Å². The number of hydrogen-bond donors (Lipinski definition) is 8. The molecular weight excluding hydrogens is 917 g/mol. The number of aromatic nitrogens is 6. The molecule has 0 unspecified atom stereocenters. The van der Waals surface area contributed by atoms with Crippen LogP contribution in [0.3, 0.4) is 0 Å². The van der Waals surface area contributed by atoms with Crippen molar-refractivity contribution in [1.29, 1.82) is 0 Å². The Bertz CT molecular complexity index is 2710. The highest BCUT2D eigenvalue weighted by Gasteiger charge is 2.23. The number of aliphatic hydroxyl groups excluding tert-OH is 2. The molecule has 6 aromatic rings. The molecule has 0 amide bonds. The third-order valence-corrected chi connectivity index (χ3v) is 13.3. The molecule has 0 atom stereocenters. The van der Waals surface area contributed by atoms with Crippen LogP contribution < -0.4 is 40.5 Å². The molecule has 24 heteroatoms. The van der Waals surface area contributed by atoms with Gasteiger partial charge in [0.15, 0.2) is 0 Å². The Morgan fingerprint density at radius 2 is 0.838 bits per heavy atom. The van der Waals surface area contributed by atoms with Gasteiger partial charge in [-0.25, -0.2) is 26.3 Å². The van der Waals surface area contributed by atoms with E-state index in [1.165, 1.54) is 24.3 Å². The first kappa shape index (κ1) is 47.6. The van der Waals surface area contributed by atoms with Crippen LogP contribution in [0.2, 0.25) is 0 Å². The van der Waals surface area contributed by atoms with Crippen molar-refractivity contribution in [3.05, 3.63) is 108 Å².